The lowest BCUT2D eigenvalue weighted by molar-refractivity contribution is -0.147. The normalized spacial score (nSPS) is 23.4. The van der Waals surface area contributed by atoms with E-state index in [9.17, 15) is 9.18 Å². The zero-order valence-corrected chi connectivity index (χ0v) is 20.3. The van der Waals surface area contributed by atoms with E-state index in [1.54, 1.807) is 0 Å². The summed E-state index contributed by atoms with van der Waals surface area (Å²) in [4.78, 5) is 28.0. The summed E-state index contributed by atoms with van der Waals surface area (Å²) in [5, 5.41) is 3.13. The average Bonchev–Trinajstić information content (AvgIpc) is 2.81. The monoisotopic (exact) mass is 453 g/mol. The minimum Gasteiger partial charge on any atom is -0.373 e. The number of benzene rings is 1. The van der Waals surface area contributed by atoms with E-state index in [0.717, 1.165) is 68.2 Å². The van der Waals surface area contributed by atoms with Crippen LogP contribution in [0.5, 0.6) is 0 Å². The van der Waals surface area contributed by atoms with Crippen molar-refractivity contribution in [1.29, 1.82) is 0 Å². The van der Waals surface area contributed by atoms with Crippen molar-refractivity contribution in [3.05, 3.63) is 53.2 Å². The molecule has 4 rings (SSSR count). The van der Waals surface area contributed by atoms with Crippen molar-refractivity contribution in [1.82, 2.24) is 19.8 Å². The SMILES string of the molecule is CNc1cc(C)nc([C@@]2(C)CCCN(C(=O)C3(Cc4ccc(F)cc4)CCN(C)CC3)C2)n1. The molecule has 2 aliphatic heterocycles. The summed E-state index contributed by atoms with van der Waals surface area (Å²) in [6, 6.07) is 8.57. The van der Waals surface area contributed by atoms with E-state index in [1.165, 1.54) is 12.1 Å². The minimum absolute atomic E-state index is 0.229. The molecule has 0 radical (unpaired) electrons. The van der Waals surface area contributed by atoms with E-state index in [-0.39, 0.29) is 17.1 Å². The predicted molar refractivity (Wildman–Crippen MR) is 129 cm³/mol. The zero-order valence-electron chi connectivity index (χ0n) is 20.3. The van der Waals surface area contributed by atoms with E-state index >= 15 is 0 Å². The van der Waals surface area contributed by atoms with E-state index in [0.29, 0.717) is 13.0 Å². The lowest BCUT2D eigenvalue weighted by Crippen LogP contribution is -2.55. The van der Waals surface area contributed by atoms with Crippen molar-refractivity contribution in [2.75, 3.05) is 45.6 Å². The first-order chi connectivity index (χ1) is 15.7. The highest BCUT2D eigenvalue weighted by atomic mass is 19.1. The number of aryl methyl sites for hydroxylation is 1. The maximum atomic E-state index is 14.1. The fraction of sp³-hybridized carbons (Fsp3) is 0.577. The van der Waals surface area contributed by atoms with E-state index < -0.39 is 5.41 Å². The molecule has 178 valence electrons. The van der Waals surface area contributed by atoms with E-state index in [4.69, 9.17) is 9.97 Å². The van der Waals surface area contributed by atoms with Gasteiger partial charge in [-0.1, -0.05) is 19.1 Å². The Bertz CT molecular complexity index is 987. The summed E-state index contributed by atoms with van der Waals surface area (Å²) in [5.41, 5.74) is 1.21. The number of amides is 1. The maximum Gasteiger partial charge on any atom is 0.229 e. The second kappa shape index (κ2) is 9.37. The van der Waals surface area contributed by atoms with Gasteiger partial charge in [0.25, 0.3) is 0 Å². The van der Waals surface area contributed by atoms with Crippen LogP contribution in [0.25, 0.3) is 0 Å². The van der Waals surface area contributed by atoms with Crippen LogP contribution in [0.3, 0.4) is 0 Å². The van der Waals surface area contributed by atoms with Gasteiger partial charge in [0, 0.05) is 37.3 Å². The first kappa shape index (κ1) is 23.6. The van der Waals surface area contributed by atoms with Gasteiger partial charge in [-0.25, -0.2) is 14.4 Å². The summed E-state index contributed by atoms with van der Waals surface area (Å²) in [6.45, 7) is 7.34. The van der Waals surface area contributed by atoms with Crippen LogP contribution in [0.4, 0.5) is 10.2 Å². The molecule has 1 aromatic carbocycles. The number of hydrogen-bond acceptors (Lipinski definition) is 5. The second-order valence-corrected chi connectivity index (χ2v) is 10.2. The Morgan fingerprint density at radius 2 is 1.82 bits per heavy atom. The molecule has 33 heavy (non-hydrogen) atoms. The van der Waals surface area contributed by atoms with Crippen LogP contribution in [-0.4, -0.2) is 65.9 Å². The number of rotatable bonds is 5. The summed E-state index contributed by atoms with van der Waals surface area (Å²) >= 11 is 0. The first-order valence-corrected chi connectivity index (χ1v) is 12.0. The smallest absolute Gasteiger partial charge is 0.229 e. The van der Waals surface area contributed by atoms with Gasteiger partial charge >= 0.3 is 0 Å². The van der Waals surface area contributed by atoms with Crippen molar-refractivity contribution >= 4 is 11.7 Å². The molecule has 2 aromatic rings. The number of piperidine rings is 2. The Kier molecular flexibility index (Phi) is 6.71. The van der Waals surface area contributed by atoms with E-state index in [1.807, 2.05) is 32.2 Å². The van der Waals surface area contributed by atoms with Gasteiger partial charge < -0.3 is 15.1 Å². The van der Waals surface area contributed by atoms with Gasteiger partial charge in [-0.15, -0.1) is 0 Å². The van der Waals surface area contributed by atoms with E-state index in [2.05, 4.69) is 29.1 Å². The predicted octanol–water partition coefficient (Wildman–Crippen LogP) is 3.80. The van der Waals surface area contributed by atoms with Gasteiger partial charge in [0.05, 0.1) is 5.41 Å². The van der Waals surface area contributed by atoms with Crippen molar-refractivity contribution in [2.45, 2.75) is 51.4 Å². The number of carbonyl (C=O) groups excluding carboxylic acids is 1. The Balaban J connectivity index is 1.60. The minimum atomic E-state index is -0.452. The third-order valence-electron chi connectivity index (χ3n) is 7.49. The molecule has 2 aliphatic rings. The quantitative estimate of drug-likeness (QED) is 0.746. The summed E-state index contributed by atoms with van der Waals surface area (Å²) in [6.07, 6.45) is 4.17. The Labute approximate surface area is 196 Å². The Morgan fingerprint density at radius 1 is 1.12 bits per heavy atom. The first-order valence-electron chi connectivity index (χ1n) is 12.0. The Morgan fingerprint density at radius 3 is 2.48 bits per heavy atom. The molecule has 1 atom stereocenters. The summed E-state index contributed by atoms with van der Waals surface area (Å²) < 4.78 is 13.5. The second-order valence-electron chi connectivity index (χ2n) is 10.2. The van der Waals surface area contributed by atoms with Crippen LogP contribution in [0.1, 0.15) is 49.7 Å². The molecular formula is C26H36FN5O. The van der Waals surface area contributed by atoms with Crippen molar-refractivity contribution in [3.8, 4) is 0 Å². The van der Waals surface area contributed by atoms with Gasteiger partial charge in [0.2, 0.25) is 5.91 Å². The molecular weight excluding hydrogens is 417 g/mol. The molecule has 0 bridgehead atoms. The molecule has 2 fully saturated rings. The number of nitrogens with zero attached hydrogens (tertiary/aromatic N) is 4. The maximum absolute atomic E-state index is 14.1. The third-order valence-corrected chi connectivity index (χ3v) is 7.49. The number of nitrogens with one attached hydrogen (secondary N) is 1. The molecule has 1 N–H and O–H groups in total. The van der Waals surface area contributed by atoms with Crippen molar-refractivity contribution < 1.29 is 9.18 Å². The number of likely N-dealkylation sites (tertiary alicyclic amines) is 2. The molecule has 0 spiro atoms. The zero-order chi connectivity index (χ0) is 23.6. The molecule has 0 unspecified atom stereocenters. The number of anilines is 1. The number of aromatic nitrogens is 2. The molecule has 0 saturated carbocycles. The average molecular weight is 454 g/mol. The van der Waals surface area contributed by atoms with Gasteiger partial charge in [0.15, 0.2) is 0 Å². The molecule has 6 nitrogen and oxygen atoms in total. The molecule has 2 saturated heterocycles. The highest BCUT2D eigenvalue weighted by Crippen LogP contribution is 2.40. The van der Waals surface area contributed by atoms with Crippen molar-refractivity contribution in [3.63, 3.8) is 0 Å². The number of halogens is 1. The fourth-order valence-electron chi connectivity index (χ4n) is 5.40. The Hall–Kier alpha value is -2.54. The molecule has 1 aromatic heterocycles. The standard InChI is InChI=1S/C26H36FN5O/c1-19-16-22(28-3)30-23(29-19)25(2)10-5-13-32(18-25)24(33)26(11-14-31(4)15-12-26)17-20-6-8-21(27)9-7-20/h6-9,16H,5,10-15,17-18H2,1-4H3,(H,28,29,30)/t25-/m0/s1. The van der Waals surface area contributed by atoms with Crippen LogP contribution < -0.4 is 5.32 Å². The molecule has 1 amide bonds. The van der Waals surface area contributed by atoms with Gasteiger partial charge in [-0.3, -0.25) is 4.79 Å². The number of carbonyl (C=O) groups is 1. The van der Waals surface area contributed by atoms with Gasteiger partial charge in [-0.05, 0) is 76.9 Å². The van der Waals surface area contributed by atoms with Crippen LogP contribution >= 0.6 is 0 Å². The lowest BCUT2D eigenvalue weighted by Gasteiger charge is -2.46. The third kappa shape index (κ3) is 5.03. The highest BCUT2D eigenvalue weighted by molar-refractivity contribution is 5.83. The van der Waals surface area contributed by atoms with Crippen LogP contribution in [-0.2, 0) is 16.6 Å². The molecule has 3 heterocycles. The van der Waals surface area contributed by atoms with Gasteiger partial charge in [-0.2, -0.15) is 0 Å². The largest absolute Gasteiger partial charge is 0.373 e. The summed E-state index contributed by atoms with van der Waals surface area (Å²) in [5.74, 6) is 1.60. The van der Waals surface area contributed by atoms with Gasteiger partial charge in [0.1, 0.15) is 17.5 Å². The topological polar surface area (TPSA) is 61.4 Å². The van der Waals surface area contributed by atoms with Crippen LogP contribution in [0.2, 0.25) is 0 Å². The van der Waals surface area contributed by atoms with Crippen LogP contribution in [0, 0.1) is 18.2 Å². The summed E-state index contributed by atoms with van der Waals surface area (Å²) in [7, 11) is 3.97. The lowest BCUT2D eigenvalue weighted by atomic mass is 9.71. The molecule has 0 aliphatic carbocycles. The fourth-order valence-corrected chi connectivity index (χ4v) is 5.40. The van der Waals surface area contributed by atoms with Crippen molar-refractivity contribution in [2.24, 2.45) is 5.41 Å². The highest BCUT2D eigenvalue weighted by Gasteiger charge is 2.46. The van der Waals surface area contributed by atoms with Crippen LogP contribution in [0.15, 0.2) is 30.3 Å². The molecule has 7 heteroatoms. The number of hydrogen-bond donors (Lipinski definition) is 1.